The minimum atomic E-state index is -1.11. The molecule has 7 heteroatoms. The lowest BCUT2D eigenvalue weighted by Crippen LogP contribution is -2.43. The molecule has 2 aromatic carbocycles. The van der Waals surface area contributed by atoms with E-state index in [9.17, 15) is 14.7 Å². The quantitative estimate of drug-likeness (QED) is 0.581. The number of amides is 1. The number of benzene rings is 2. The zero-order valence-corrected chi connectivity index (χ0v) is 17.0. The number of hydrogen-bond donors (Lipinski definition) is 3. The van der Waals surface area contributed by atoms with Gasteiger partial charge in [0.15, 0.2) is 0 Å². The summed E-state index contributed by atoms with van der Waals surface area (Å²) in [5.74, 6) is -0.279. The second-order valence-corrected chi connectivity index (χ2v) is 8.26. The van der Waals surface area contributed by atoms with Crippen LogP contribution in [0.25, 0.3) is 11.1 Å². The molecule has 154 valence electrons. The van der Waals surface area contributed by atoms with E-state index < -0.39 is 18.1 Å². The third-order valence-electron chi connectivity index (χ3n) is 4.93. The molecule has 2 atom stereocenters. The SMILES string of the molecule is CC(CO)CSCC(NC(=O)OCC1c2ccccc2-c2ccccc21)C(=O)O. The fraction of sp³-hybridized carbons (Fsp3) is 0.364. The number of carbonyl (C=O) groups is 2. The predicted molar refractivity (Wildman–Crippen MR) is 113 cm³/mol. The minimum absolute atomic E-state index is 0.0462. The highest BCUT2D eigenvalue weighted by molar-refractivity contribution is 7.99. The standard InChI is InChI=1S/C22H25NO5S/c1-14(10-24)12-29-13-20(21(25)26)23-22(27)28-11-19-17-8-4-2-6-15(17)16-7-3-5-9-18(16)19/h2-9,14,19-20,24H,10-13H2,1H3,(H,23,27)(H,25,26). The molecule has 1 aliphatic carbocycles. The van der Waals surface area contributed by atoms with Gasteiger partial charge in [0.2, 0.25) is 0 Å². The van der Waals surface area contributed by atoms with Crippen molar-refractivity contribution in [2.75, 3.05) is 24.7 Å². The lowest BCUT2D eigenvalue weighted by molar-refractivity contribution is -0.138. The van der Waals surface area contributed by atoms with Crippen LogP contribution in [-0.4, -0.2) is 53.0 Å². The fourth-order valence-corrected chi connectivity index (χ4v) is 4.50. The van der Waals surface area contributed by atoms with E-state index in [4.69, 9.17) is 9.84 Å². The number of aliphatic hydroxyl groups is 1. The normalized spacial score (nSPS) is 14.6. The number of aliphatic hydroxyl groups excluding tert-OH is 1. The van der Waals surface area contributed by atoms with Crippen molar-refractivity contribution in [1.82, 2.24) is 5.32 Å². The molecule has 2 aromatic rings. The minimum Gasteiger partial charge on any atom is -0.480 e. The lowest BCUT2D eigenvalue weighted by atomic mass is 9.98. The van der Waals surface area contributed by atoms with Crippen LogP contribution in [0.2, 0.25) is 0 Å². The summed E-state index contributed by atoms with van der Waals surface area (Å²) in [6, 6.07) is 15.0. The molecule has 29 heavy (non-hydrogen) atoms. The van der Waals surface area contributed by atoms with Gasteiger partial charge in [0.05, 0.1) is 0 Å². The Kier molecular flexibility index (Phi) is 7.17. The zero-order chi connectivity index (χ0) is 20.8. The molecule has 0 heterocycles. The molecule has 0 spiro atoms. The Labute approximate surface area is 174 Å². The molecular weight excluding hydrogens is 390 g/mol. The van der Waals surface area contributed by atoms with Crippen molar-refractivity contribution in [3.05, 3.63) is 59.7 Å². The predicted octanol–water partition coefficient (Wildman–Crippen LogP) is 3.34. The third kappa shape index (κ3) is 5.10. The van der Waals surface area contributed by atoms with Gasteiger partial charge < -0.3 is 20.3 Å². The van der Waals surface area contributed by atoms with Crippen molar-refractivity contribution in [3.8, 4) is 11.1 Å². The number of carboxylic acid groups (broad SMARTS) is 1. The second-order valence-electron chi connectivity index (χ2n) is 7.19. The Bertz CT molecular complexity index is 826. The van der Waals surface area contributed by atoms with E-state index in [0.29, 0.717) is 5.75 Å². The van der Waals surface area contributed by atoms with Crippen molar-refractivity contribution in [3.63, 3.8) is 0 Å². The number of carbonyl (C=O) groups excluding carboxylic acids is 1. The smallest absolute Gasteiger partial charge is 0.407 e. The van der Waals surface area contributed by atoms with Gasteiger partial charge in [-0.15, -0.1) is 0 Å². The van der Waals surface area contributed by atoms with Gasteiger partial charge in [-0.3, -0.25) is 0 Å². The highest BCUT2D eigenvalue weighted by Gasteiger charge is 2.29. The van der Waals surface area contributed by atoms with Gasteiger partial charge in [-0.2, -0.15) is 11.8 Å². The van der Waals surface area contributed by atoms with Crippen LogP contribution in [0.4, 0.5) is 4.79 Å². The molecule has 6 nitrogen and oxygen atoms in total. The molecular formula is C22H25NO5S. The number of thioether (sulfide) groups is 1. The number of aliphatic carboxylic acids is 1. The van der Waals surface area contributed by atoms with Crippen LogP contribution in [0.5, 0.6) is 0 Å². The van der Waals surface area contributed by atoms with Gasteiger partial charge in [-0.1, -0.05) is 55.5 Å². The van der Waals surface area contributed by atoms with E-state index in [2.05, 4.69) is 17.4 Å². The molecule has 3 rings (SSSR count). The Balaban J connectivity index is 1.59. The third-order valence-corrected chi connectivity index (χ3v) is 6.31. The number of nitrogens with one attached hydrogen (secondary N) is 1. The van der Waals surface area contributed by atoms with Crippen LogP contribution in [0, 0.1) is 5.92 Å². The number of ether oxygens (including phenoxy) is 1. The first-order valence-corrected chi connectivity index (χ1v) is 10.7. The Hall–Kier alpha value is -2.51. The number of fused-ring (bicyclic) bond motifs is 3. The topological polar surface area (TPSA) is 95.9 Å². The highest BCUT2D eigenvalue weighted by Crippen LogP contribution is 2.44. The molecule has 1 aliphatic rings. The first kappa shape index (κ1) is 21.2. The molecule has 2 unspecified atom stereocenters. The summed E-state index contributed by atoms with van der Waals surface area (Å²) in [7, 11) is 0. The molecule has 0 bridgehead atoms. The van der Waals surface area contributed by atoms with Crippen LogP contribution in [0.1, 0.15) is 24.0 Å². The van der Waals surface area contributed by atoms with Crippen molar-refractivity contribution < 1.29 is 24.5 Å². The summed E-state index contributed by atoms with van der Waals surface area (Å²) in [5, 5.41) is 20.8. The number of rotatable bonds is 9. The molecule has 0 saturated heterocycles. The summed E-state index contributed by atoms with van der Waals surface area (Å²) >= 11 is 1.38. The summed E-state index contributed by atoms with van der Waals surface area (Å²) in [6.45, 7) is 2.06. The summed E-state index contributed by atoms with van der Waals surface area (Å²) in [5.41, 5.74) is 4.47. The molecule has 0 aromatic heterocycles. The monoisotopic (exact) mass is 415 g/mol. The van der Waals surface area contributed by atoms with Gasteiger partial charge in [0.25, 0.3) is 0 Å². The molecule has 0 radical (unpaired) electrons. The van der Waals surface area contributed by atoms with Crippen molar-refractivity contribution in [2.24, 2.45) is 5.92 Å². The van der Waals surface area contributed by atoms with Gasteiger partial charge in [-0.25, -0.2) is 9.59 Å². The summed E-state index contributed by atoms with van der Waals surface area (Å²) < 4.78 is 5.41. The Morgan fingerprint density at radius 3 is 2.21 bits per heavy atom. The number of alkyl carbamates (subject to hydrolysis) is 1. The number of hydrogen-bond acceptors (Lipinski definition) is 5. The summed E-state index contributed by atoms with van der Waals surface area (Å²) in [4.78, 5) is 23.7. The molecule has 0 fully saturated rings. The second kappa shape index (κ2) is 9.80. The van der Waals surface area contributed by atoms with Gasteiger partial charge in [0.1, 0.15) is 12.6 Å². The lowest BCUT2D eigenvalue weighted by Gasteiger charge is -2.17. The molecule has 0 aliphatic heterocycles. The average molecular weight is 416 g/mol. The molecule has 1 amide bonds. The first-order chi connectivity index (χ1) is 14.0. The van der Waals surface area contributed by atoms with Gasteiger partial charge in [-0.05, 0) is 33.9 Å². The van der Waals surface area contributed by atoms with Crippen LogP contribution in [0.15, 0.2) is 48.5 Å². The van der Waals surface area contributed by atoms with E-state index in [1.807, 2.05) is 43.3 Å². The van der Waals surface area contributed by atoms with Gasteiger partial charge in [0, 0.05) is 18.3 Å². The van der Waals surface area contributed by atoms with E-state index in [0.717, 1.165) is 22.3 Å². The van der Waals surface area contributed by atoms with Crippen LogP contribution in [0.3, 0.4) is 0 Å². The van der Waals surface area contributed by atoms with Crippen molar-refractivity contribution in [1.29, 1.82) is 0 Å². The van der Waals surface area contributed by atoms with E-state index in [1.165, 1.54) is 11.8 Å². The van der Waals surface area contributed by atoms with Crippen molar-refractivity contribution >= 4 is 23.8 Å². The number of carboxylic acids is 1. The van der Waals surface area contributed by atoms with Crippen LogP contribution < -0.4 is 5.32 Å². The van der Waals surface area contributed by atoms with Crippen LogP contribution in [-0.2, 0) is 9.53 Å². The first-order valence-electron chi connectivity index (χ1n) is 9.54. The fourth-order valence-electron chi connectivity index (χ4n) is 3.40. The van der Waals surface area contributed by atoms with E-state index in [1.54, 1.807) is 0 Å². The molecule has 0 saturated carbocycles. The van der Waals surface area contributed by atoms with Crippen molar-refractivity contribution in [2.45, 2.75) is 18.9 Å². The Morgan fingerprint density at radius 2 is 1.66 bits per heavy atom. The molecule has 3 N–H and O–H groups in total. The summed E-state index contributed by atoms with van der Waals surface area (Å²) in [6.07, 6.45) is -0.741. The van der Waals surface area contributed by atoms with Crippen LogP contribution >= 0.6 is 11.8 Å². The Morgan fingerprint density at radius 1 is 1.07 bits per heavy atom. The van der Waals surface area contributed by atoms with E-state index in [-0.39, 0.29) is 30.8 Å². The largest absolute Gasteiger partial charge is 0.480 e. The van der Waals surface area contributed by atoms with E-state index >= 15 is 0 Å². The highest BCUT2D eigenvalue weighted by atomic mass is 32.2. The maximum absolute atomic E-state index is 12.2. The zero-order valence-electron chi connectivity index (χ0n) is 16.2. The van der Waals surface area contributed by atoms with Gasteiger partial charge >= 0.3 is 12.1 Å². The maximum atomic E-state index is 12.2. The average Bonchev–Trinajstić information content (AvgIpc) is 3.05. The maximum Gasteiger partial charge on any atom is 0.407 e.